The van der Waals surface area contributed by atoms with Crippen LogP contribution in [0.25, 0.3) is 0 Å². The van der Waals surface area contributed by atoms with Crippen molar-refractivity contribution in [3.05, 3.63) is 34.1 Å². The summed E-state index contributed by atoms with van der Waals surface area (Å²) in [5, 5.41) is 3.51. The molecule has 106 valence electrons. The summed E-state index contributed by atoms with van der Waals surface area (Å²) in [5.41, 5.74) is 1.16. The smallest absolute Gasteiger partial charge is 0.124 e. The van der Waals surface area contributed by atoms with E-state index in [0.29, 0.717) is 12.1 Å². The van der Waals surface area contributed by atoms with E-state index in [1.165, 1.54) is 18.9 Å². The molecule has 0 aliphatic carbocycles. The van der Waals surface area contributed by atoms with E-state index in [2.05, 4.69) is 40.0 Å². The van der Waals surface area contributed by atoms with Crippen LogP contribution >= 0.6 is 15.9 Å². The fourth-order valence-electron chi connectivity index (χ4n) is 2.57. The van der Waals surface area contributed by atoms with Crippen LogP contribution in [0.1, 0.15) is 32.3 Å². The largest absolute Gasteiger partial charge is 0.313 e. The van der Waals surface area contributed by atoms with Crippen molar-refractivity contribution in [3.8, 4) is 0 Å². The van der Waals surface area contributed by atoms with Crippen LogP contribution in [0.2, 0.25) is 0 Å². The van der Waals surface area contributed by atoms with Crippen LogP contribution in [-0.4, -0.2) is 30.1 Å². The highest BCUT2D eigenvalue weighted by atomic mass is 79.9. The number of hydrogen-bond donors (Lipinski definition) is 1. The lowest BCUT2D eigenvalue weighted by atomic mass is 10.1. The molecular formula is C15H22BrFN2. The van der Waals surface area contributed by atoms with E-state index >= 15 is 0 Å². The van der Waals surface area contributed by atoms with Crippen LogP contribution in [-0.2, 0) is 6.54 Å². The average Bonchev–Trinajstić information content (AvgIpc) is 2.77. The lowest BCUT2D eigenvalue weighted by Crippen LogP contribution is -2.39. The molecule has 1 aliphatic heterocycles. The molecule has 1 aromatic rings. The van der Waals surface area contributed by atoms with E-state index < -0.39 is 0 Å². The highest BCUT2D eigenvalue weighted by Gasteiger charge is 2.24. The summed E-state index contributed by atoms with van der Waals surface area (Å²) in [4.78, 5) is 2.49. The van der Waals surface area contributed by atoms with Gasteiger partial charge in [-0.25, -0.2) is 4.39 Å². The van der Waals surface area contributed by atoms with Crippen LogP contribution in [0, 0.1) is 5.82 Å². The summed E-state index contributed by atoms with van der Waals surface area (Å²) in [5.74, 6) is -0.185. The SMILES string of the molecule is CC(C)NCC1CCCN1Cc1ccc(F)cc1Br. The third-order valence-electron chi connectivity index (χ3n) is 3.65. The number of nitrogens with one attached hydrogen (secondary N) is 1. The normalized spacial score (nSPS) is 20.4. The Balaban J connectivity index is 1.97. The lowest BCUT2D eigenvalue weighted by molar-refractivity contribution is 0.235. The zero-order valence-electron chi connectivity index (χ0n) is 11.6. The summed E-state index contributed by atoms with van der Waals surface area (Å²) < 4.78 is 14.0. The second kappa shape index (κ2) is 6.82. The van der Waals surface area contributed by atoms with Gasteiger partial charge in [0.15, 0.2) is 0 Å². The number of nitrogens with zero attached hydrogens (tertiary/aromatic N) is 1. The van der Waals surface area contributed by atoms with Gasteiger partial charge in [0.2, 0.25) is 0 Å². The molecule has 1 fully saturated rings. The maximum atomic E-state index is 13.1. The molecule has 1 saturated heterocycles. The number of benzene rings is 1. The van der Waals surface area contributed by atoms with Gasteiger partial charge in [-0.3, -0.25) is 4.90 Å². The van der Waals surface area contributed by atoms with Crippen molar-refractivity contribution in [2.45, 2.75) is 45.3 Å². The molecule has 0 bridgehead atoms. The average molecular weight is 329 g/mol. The molecule has 2 nitrogen and oxygen atoms in total. The van der Waals surface area contributed by atoms with Gasteiger partial charge >= 0.3 is 0 Å². The Morgan fingerprint density at radius 1 is 1.47 bits per heavy atom. The highest BCUT2D eigenvalue weighted by molar-refractivity contribution is 9.10. The summed E-state index contributed by atoms with van der Waals surface area (Å²) in [6.07, 6.45) is 2.50. The minimum Gasteiger partial charge on any atom is -0.313 e. The summed E-state index contributed by atoms with van der Waals surface area (Å²) in [6, 6.07) is 6.09. The predicted molar refractivity (Wildman–Crippen MR) is 80.7 cm³/mol. The van der Waals surface area contributed by atoms with Crippen molar-refractivity contribution >= 4 is 15.9 Å². The second-order valence-electron chi connectivity index (χ2n) is 5.57. The van der Waals surface area contributed by atoms with Gasteiger partial charge < -0.3 is 5.32 Å². The van der Waals surface area contributed by atoms with Gasteiger partial charge in [0, 0.05) is 29.6 Å². The minimum absolute atomic E-state index is 0.185. The molecule has 2 rings (SSSR count). The predicted octanol–water partition coefficient (Wildman–Crippen LogP) is 3.55. The van der Waals surface area contributed by atoms with E-state index in [4.69, 9.17) is 0 Å². The van der Waals surface area contributed by atoms with Crippen LogP contribution in [0.4, 0.5) is 4.39 Å². The standard InChI is InChI=1S/C15H22BrFN2/c1-11(2)18-9-14-4-3-7-19(14)10-12-5-6-13(17)8-15(12)16/h5-6,8,11,14,18H,3-4,7,9-10H2,1-2H3. The fraction of sp³-hybridized carbons (Fsp3) is 0.600. The maximum Gasteiger partial charge on any atom is 0.124 e. The molecular weight excluding hydrogens is 307 g/mol. The fourth-order valence-corrected chi connectivity index (χ4v) is 3.05. The molecule has 1 heterocycles. The lowest BCUT2D eigenvalue weighted by Gasteiger charge is -2.26. The van der Waals surface area contributed by atoms with E-state index in [1.807, 2.05) is 6.07 Å². The molecule has 0 amide bonds. The van der Waals surface area contributed by atoms with Gasteiger partial charge in [0.1, 0.15) is 5.82 Å². The Hall–Kier alpha value is -0.450. The summed E-state index contributed by atoms with van der Waals surface area (Å²) >= 11 is 3.45. The molecule has 1 atom stereocenters. The zero-order valence-corrected chi connectivity index (χ0v) is 13.2. The van der Waals surface area contributed by atoms with Gasteiger partial charge in [-0.1, -0.05) is 35.8 Å². The van der Waals surface area contributed by atoms with Gasteiger partial charge in [0.25, 0.3) is 0 Å². The van der Waals surface area contributed by atoms with Crippen molar-refractivity contribution in [1.29, 1.82) is 0 Å². The first-order valence-electron chi connectivity index (χ1n) is 6.97. The highest BCUT2D eigenvalue weighted by Crippen LogP contribution is 2.24. The van der Waals surface area contributed by atoms with Crippen molar-refractivity contribution in [2.75, 3.05) is 13.1 Å². The van der Waals surface area contributed by atoms with Gasteiger partial charge in [-0.15, -0.1) is 0 Å². The maximum absolute atomic E-state index is 13.1. The number of likely N-dealkylation sites (tertiary alicyclic amines) is 1. The Kier molecular flexibility index (Phi) is 5.37. The van der Waals surface area contributed by atoms with E-state index in [9.17, 15) is 4.39 Å². The molecule has 0 spiro atoms. The first-order chi connectivity index (χ1) is 9.06. The zero-order chi connectivity index (χ0) is 13.8. The van der Waals surface area contributed by atoms with Crippen LogP contribution in [0.3, 0.4) is 0 Å². The monoisotopic (exact) mass is 328 g/mol. The Labute approximate surface area is 123 Å². The van der Waals surface area contributed by atoms with E-state index in [-0.39, 0.29) is 5.82 Å². The molecule has 1 aromatic carbocycles. The van der Waals surface area contributed by atoms with Crippen molar-refractivity contribution in [3.63, 3.8) is 0 Å². The molecule has 4 heteroatoms. The quantitative estimate of drug-likeness (QED) is 0.889. The van der Waals surface area contributed by atoms with Crippen LogP contribution in [0.5, 0.6) is 0 Å². The molecule has 0 aromatic heterocycles. The number of hydrogen-bond acceptors (Lipinski definition) is 2. The Morgan fingerprint density at radius 3 is 2.95 bits per heavy atom. The van der Waals surface area contributed by atoms with Crippen molar-refractivity contribution in [1.82, 2.24) is 10.2 Å². The van der Waals surface area contributed by atoms with E-state index in [0.717, 1.165) is 29.7 Å². The van der Waals surface area contributed by atoms with Crippen molar-refractivity contribution in [2.24, 2.45) is 0 Å². The van der Waals surface area contributed by atoms with Crippen molar-refractivity contribution < 1.29 is 4.39 Å². The van der Waals surface area contributed by atoms with Gasteiger partial charge in [-0.05, 0) is 37.1 Å². The molecule has 19 heavy (non-hydrogen) atoms. The van der Waals surface area contributed by atoms with Crippen LogP contribution in [0.15, 0.2) is 22.7 Å². The van der Waals surface area contributed by atoms with E-state index in [1.54, 1.807) is 6.07 Å². The topological polar surface area (TPSA) is 15.3 Å². The third kappa shape index (κ3) is 4.26. The summed E-state index contributed by atoms with van der Waals surface area (Å²) in [6.45, 7) is 7.42. The molecule has 0 radical (unpaired) electrons. The molecule has 0 saturated carbocycles. The number of rotatable bonds is 5. The first kappa shape index (κ1) is 14.9. The summed E-state index contributed by atoms with van der Waals surface area (Å²) in [7, 11) is 0. The van der Waals surface area contributed by atoms with Gasteiger partial charge in [0.05, 0.1) is 0 Å². The minimum atomic E-state index is -0.185. The molecule has 1 N–H and O–H groups in total. The first-order valence-corrected chi connectivity index (χ1v) is 7.77. The van der Waals surface area contributed by atoms with Gasteiger partial charge in [-0.2, -0.15) is 0 Å². The van der Waals surface area contributed by atoms with Crippen LogP contribution < -0.4 is 5.32 Å². The third-order valence-corrected chi connectivity index (χ3v) is 4.39. The number of halogens is 2. The molecule has 1 aliphatic rings. The molecule has 1 unspecified atom stereocenters. The second-order valence-corrected chi connectivity index (χ2v) is 6.42. The Morgan fingerprint density at radius 2 is 2.26 bits per heavy atom. The Bertz CT molecular complexity index is 423.